The molecule has 5 saturated carbocycles. The van der Waals surface area contributed by atoms with Crippen LogP contribution in [-0.2, 0) is 13.0 Å². The van der Waals surface area contributed by atoms with E-state index in [-0.39, 0.29) is 6.61 Å². The first kappa shape index (κ1) is 12.6. The molecule has 0 amide bonds. The molecule has 4 heteroatoms. The van der Waals surface area contributed by atoms with Crippen LogP contribution in [-0.4, -0.2) is 19.9 Å². The molecule has 5 fully saturated rings. The average Bonchev–Trinajstić information content (AvgIpc) is 3.19. The minimum absolute atomic E-state index is 0.0321. The van der Waals surface area contributed by atoms with E-state index >= 15 is 0 Å². The number of nitrogens with zero attached hydrogens (tertiary/aromatic N) is 3. The Morgan fingerprint density at radius 1 is 0.952 bits per heavy atom. The molecule has 4 nitrogen and oxygen atoms in total. The smallest absolute Gasteiger partial charge is 0.159 e. The highest BCUT2D eigenvalue weighted by atomic mass is 16.3. The van der Waals surface area contributed by atoms with Crippen molar-refractivity contribution < 1.29 is 5.11 Å². The van der Waals surface area contributed by atoms with Gasteiger partial charge in [0.25, 0.3) is 0 Å². The Bertz CT molecular complexity index is 525. The van der Waals surface area contributed by atoms with Gasteiger partial charge in [-0.05, 0) is 74.5 Å². The molecule has 21 heavy (non-hydrogen) atoms. The van der Waals surface area contributed by atoms with Crippen LogP contribution >= 0.6 is 0 Å². The van der Waals surface area contributed by atoms with Gasteiger partial charge in [0.05, 0.1) is 0 Å². The van der Waals surface area contributed by atoms with Crippen LogP contribution < -0.4 is 0 Å². The molecule has 0 atom stereocenters. The van der Waals surface area contributed by atoms with Crippen LogP contribution in [0.3, 0.4) is 0 Å². The zero-order chi connectivity index (χ0) is 14.0. The Kier molecular flexibility index (Phi) is 2.59. The Morgan fingerprint density at radius 3 is 2.05 bits per heavy atom. The summed E-state index contributed by atoms with van der Waals surface area (Å²) in [6.45, 7) is 0.0321. The lowest BCUT2D eigenvalue weighted by Crippen LogP contribution is -2.47. The van der Waals surface area contributed by atoms with Crippen molar-refractivity contribution in [2.45, 2.75) is 70.4 Å². The number of aromatic nitrogens is 3. The molecule has 6 rings (SSSR count). The van der Waals surface area contributed by atoms with Gasteiger partial charge < -0.3 is 9.67 Å². The third-order valence-electron chi connectivity index (χ3n) is 6.59. The van der Waals surface area contributed by atoms with Crippen LogP contribution in [0.2, 0.25) is 0 Å². The molecule has 0 saturated heterocycles. The van der Waals surface area contributed by atoms with Gasteiger partial charge in [-0.15, -0.1) is 10.2 Å². The number of hydrogen-bond donors (Lipinski definition) is 1. The fourth-order valence-corrected chi connectivity index (χ4v) is 6.19. The summed E-state index contributed by atoms with van der Waals surface area (Å²) < 4.78 is 2.28. The maximum absolute atomic E-state index is 9.51. The lowest BCUT2D eigenvalue weighted by atomic mass is 9.49. The van der Waals surface area contributed by atoms with E-state index in [4.69, 9.17) is 0 Å². The molecule has 0 unspecified atom stereocenters. The van der Waals surface area contributed by atoms with Gasteiger partial charge in [-0.3, -0.25) is 0 Å². The summed E-state index contributed by atoms with van der Waals surface area (Å²) in [4.78, 5) is 0. The standard InChI is InChI=1S/C17H25N3O/c21-10-16-19-18-15(20(16)14-1-2-14)9-17-6-11-3-12(7-17)5-13(4-11)8-17/h11-14,21H,1-10H2. The lowest BCUT2D eigenvalue weighted by molar-refractivity contribution is -0.0536. The molecule has 1 aromatic heterocycles. The molecule has 1 N–H and O–H groups in total. The van der Waals surface area contributed by atoms with Crippen LogP contribution in [0.15, 0.2) is 0 Å². The quantitative estimate of drug-likeness (QED) is 0.926. The molecule has 4 bridgehead atoms. The summed E-state index contributed by atoms with van der Waals surface area (Å²) in [6, 6.07) is 0.575. The van der Waals surface area contributed by atoms with Crippen molar-refractivity contribution >= 4 is 0 Å². The third-order valence-corrected chi connectivity index (χ3v) is 6.59. The van der Waals surface area contributed by atoms with Crippen molar-refractivity contribution in [3.63, 3.8) is 0 Å². The lowest BCUT2D eigenvalue weighted by Gasteiger charge is -2.56. The topological polar surface area (TPSA) is 50.9 Å². The predicted octanol–water partition coefficient (Wildman–Crippen LogP) is 2.86. The summed E-state index contributed by atoms with van der Waals surface area (Å²) in [5.74, 6) is 4.93. The van der Waals surface area contributed by atoms with Crippen molar-refractivity contribution in [2.75, 3.05) is 0 Å². The summed E-state index contributed by atoms with van der Waals surface area (Å²) >= 11 is 0. The van der Waals surface area contributed by atoms with Crippen molar-refractivity contribution in [2.24, 2.45) is 23.2 Å². The second-order valence-electron chi connectivity index (χ2n) is 8.39. The van der Waals surface area contributed by atoms with Crippen LogP contribution in [0.25, 0.3) is 0 Å². The zero-order valence-electron chi connectivity index (χ0n) is 12.7. The average molecular weight is 287 g/mol. The molecule has 0 radical (unpaired) electrons. The van der Waals surface area contributed by atoms with Crippen LogP contribution in [0.5, 0.6) is 0 Å². The predicted molar refractivity (Wildman–Crippen MR) is 78.5 cm³/mol. The Balaban J connectivity index is 1.46. The van der Waals surface area contributed by atoms with Gasteiger partial charge in [0.1, 0.15) is 12.4 Å². The largest absolute Gasteiger partial charge is 0.388 e. The fourth-order valence-electron chi connectivity index (χ4n) is 6.19. The highest BCUT2D eigenvalue weighted by Crippen LogP contribution is 2.61. The Hall–Kier alpha value is -0.900. The second kappa shape index (κ2) is 4.31. The maximum Gasteiger partial charge on any atom is 0.159 e. The van der Waals surface area contributed by atoms with Gasteiger partial charge in [-0.25, -0.2) is 0 Å². The van der Waals surface area contributed by atoms with Gasteiger partial charge in [0, 0.05) is 12.5 Å². The minimum Gasteiger partial charge on any atom is -0.388 e. The van der Waals surface area contributed by atoms with E-state index in [9.17, 15) is 5.11 Å². The molecule has 0 aromatic carbocycles. The van der Waals surface area contributed by atoms with Gasteiger partial charge in [0.2, 0.25) is 0 Å². The minimum atomic E-state index is 0.0321. The highest BCUT2D eigenvalue weighted by Gasteiger charge is 2.51. The normalized spacial score (nSPS) is 40.9. The van der Waals surface area contributed by atoms with Crippen LogP contribution in [0, 0.1) is 23.2 Å². The van der Waals surface area contributed by atoms with Gasteiger partial charge in [-0.2, -0.15) is 0 Å². The molecular formula is C17H25N3O. The maximum atomic E-state index is 9.51. The van der Waals surface area contributed by atoms with Crippen molar-refractivity contribution in [1.82, 2.24) is 14.8 Å². The molecular weight excluding hydrogens is 262 g/mol. The molecule has 1 aromatic rings. The molecule has 5 aliphatic carbocycles. The van der Waals surface area contributed by atoms with E-state index in [0.29, 0.717) is 11.5 Å². The van der Waals surface area contributed by atoms with E-state index in [1.165, 1.54) is 57.2 Å². The first-order valence-electron chi connectivity index (χ1n) is 8.78. The van der Waals surface area contributed by atoms with E-state index in [2.05, 4.69) is 14.8 Å². The Morgan fingerprint density at radius 2 is 1.52 bits per heavy atom. The summed E-state index contributed by atoms with van der Waals surface area (Å²) in [7, 11) is 0. The number of aliphatic hydroxyl groups is 1. The summed E-state index contributed by atoms with van der Waals surface area (Å²) in [6.07, 6.45) is 12.3. The summed E-state index contributed by atoms with van der Waals surface area (Å²) in [5, 5.41) is 18.2. The first-order chi connectivity index (χ1) is 10.2. The van der Waals surface area contributed by atoms with Crippen molar-refractivity contribution in [3.8, 4) is 0 Å². The van der Waals surface area contributed by atoms with Gasteiger partial charge in [0.15, 0.2) is 5.82 Å². The van der Waals surface area contributed by atoms with E-state index in [1.54, 1.807) is 0 Å². The molecule has 1 heterocycles. The van der Waals surface area contributed by atoms with E-state index in [1.807, 2.05) is 0 Å². The van der Waals surface area contributed by atoms with Crippen molar-refractivity contribution in [3.05, 3.63) is 11.6 Å². The molecule has 0 spiro atoms. The monoisotopic (exact) mass is 287 g/mol. The number of aliphatic hydroxyl groups excluding tert-OH is 1. The van der Waals surface area contributed by atoms with E-state index in [0.717, 1.165) is 30.0 Å². The van der Waals surface area contributed by atoms with Gasteiger partial charge >= 0.3 is 0 Å². The molecule has 5 aliphatic rings. The van der Waals surface area contributed by atoms with Crippen molar-refractivity contribution in [1.29, 1.82) is 0 Å². The Labute approximate surface area is 126 Å². The zero-order valence-corrected chi connectivity index (χ0v) is 12.7. The molecule has 114 valence electrons. The third kappa shape index (κ3) is 1.98. The fraction of sp³-hybridized carbons (Fsp3) is 0.882. The molecule has 0 aliphatic heterocycles. The SMILES string of the molecule is OCc1nnc(CC23CC4CC(CC(C4)C2)C3)n1C1CC1. The van der Waals surface area contributed by atoms with Crippen LogP contribution in [0.1, 0.15) is 69.1 Å². The second-order valence-corrected chi connectivity index (χ2v) is 8.39. The first-order valence-corrected chi connectivity index (χ1v) is 8.78. The van der Waals surface area contributed by atoms with E-state index < -0.39 is 0 Å². The highest BCUT2D eigenvalue weighted by molar-refractivity contribution is 5.09. The van der Waals surface area contributed by atoms with Crippen LogP contribution in [0.4, 0.5) is 0 Å². The summed E-state index contributed by atoms with van der Waals surface area (Å²) in [5.41, 5.74) is 0.515. The number of hydrogen-bond acceptors (Lipinski definition) is 3. The van der Waals surface area contributed by atoms with Gasteiger partial charge in [-0.1, -0.05) is 0 Å². The number of rotatable bonds is 4.